The lowest BCUT2D eigenvalue weighted by Crippen LogP contribution is -2.26. The van der Waals surface area contributed by atoms with E-state index in [4.69, 9.17) is 4.74 Å². The highest BCUT2D eigenvalue weighted by molar-refractivity contribution is 9.10. The topological polar surface area (TPSA) is 26.3 Å². The Bertz CT molecular complexity index is 470. The molecular weight excluding hydrogens is 328 g/mol. The van der Waals surface area contributed by atoms with Crippen LogP contribution in [0.5, 0.6) is 5.75 Å². The van der Waals surface area contributed by atoms with E-state index in [0.29, 0.717) is 6.42 Å². The van der Waals surface area contributed by atoms with Gasteiger partial charge in [-0.2, -0.15) is 0 Å². The maximum absolute atomic E-state index is 12.2. The first-order valence-electron chi connectivity index (χ1n) is 8.20. The number of Topliss-reactive ketones (excluding diaryl/α,β-unsaturated/α-hetero) is 1. The summed E-state index contributed by atoms with van der Waals surface area (Å²) < 4.78 is 6.89. The van der Waals surface area contributed by atoms with Gasteiger partial charge in [0.15, 0.2) is 5.78 Å². The Morgan fingerprint density at radius 1 is 1.14 bits per heavy atom. The molecule has 0 amide bonds. The van der Waals surface area contributed by atoms with Gasteiger partial charge in [-0.25, -0.2) is 0 Å². The second-order valence-electron chi connectivity index (χ2n) is 5.92. The van der Waals surface area contributed by atoms with E-state index in [2.05, 4.69) is 22.9 Å². The van der Waals surface area contributed by atoms with E-state index in [9.17, 15) is 4.79 Å². The van der Waals surface area contributed by atoms with E-state index in [-0.39, 0.29) is 11.9 Å². The van der Waals surface area contributed by atoms with Crippen LogP contribution in [-0.4, -0.2) is 11.9 Å². The third-order valence-corrected chi connectivity index (χ3v) is 4.57. The zero-order valence-corrected chi connectivity index (χ0v) is 14.5. The Kier molecular flexibility index (Phi) is 6.75. The van der Waals surface area contributed by atoms with Gasteiger partial charge >= 0.3 is 0 Å². The van der Waals surface area contributed by atoms with E-state index < -0.39 is 0 Å². The molecule has 0 fully saturated rings. The van der Waals surface area contributed by atoms with Gasteiger partial charge in [-0.3, -0.25) is 4.79 Å². The van der Waals surface area contributed by atoms with Crippen LogP contribution in [0.4, 0.5) is 0 Å². The summed E-state index contributed by atoms with van der Waals surface area (Å²) in [4.78, 5) is 12.2. The van der Waals surface area contributed by atoms with E-state index >= 15 is 0 Å². The van der Waals surface area contributed by atoms with Crippen molar-refractivity contribution in [2.45, 2.75) is 70.8 Å². The highest BCUT2D eigenvalue weighted by Gasteiger charge is 2.26. The summed E-state index contributed by atoms with van der Waals surface area (Å²) in [6, 6.07) is 5.69. The van der Waals surface area contributed by atoms with E-state index in [1.165, 1.54) is 38.5 Å². The molecule has 0 saturated heterocycles. The fourth-order valence-electron chi connectivity index (χ4n) is 2.85. The molecule has 1 aliphatic rings. The normalized spacial score (nSPS) is 17.4. The smallest absolute Gasteiger partial charge is 0.170 e. The summed E-state index contributed by atoms with van der Waals surface area (Å²) in [5.74, 6) is 0.966. The van der Waals surface area contributed by atoms with Crippen molar-refractivity contribution in [1.82, 2.24) is 0 Å². The second kappa shape index (κ2) is 8.57. The zero-order valence-electron chi connectivity index (χ0n) is 12.9. The van der Waals surface area contributed by atoms with Crippen LogP contribution in [-0.2, 0) is 0 Å². The molecule has 1 aromatic rings. The number of carbonyl (C=O) groups excluding carboxylic acids is 1. The van der Waals surface area contributed by atoms with Crippen molar-refractivity contribution >= 4 is 21.7 Å². The third-order valence-electron chi connectivity index (χ3n) is 4.08. The highest BCUT2D eigenvalue weighted by atomic mass is 79.9. The van der Waals surface area contributed by atoms with Crippen LogP contribution in [0.1, 0.15) is 75.1 Å². The summed E-state index contributed by atoms with van der Waals surface area (Å²) >= 11 is 3.40. The number of rotatable bonds is 8. The van der Waals surface area contributed by atoms with Crippen molar-refractivity contribution in [2.75, 3.05) is 0 Å². The number of ketones is 1. The Morgan fingerprint density at radius 2 is 1.86 bits per heavy atom. The lowest BCUT2D eigenvalue weighted by molar-refractivity contribution is 0.0835. The molecule has 0 N–H and O–H groups in total. The molecule has 2 rings (SSSR count). The van der Waals surface area contributed by atoms with Gasteiger partial charge in [-0.05, 0) is 31.0 Å². The molecule has 0 radical (unpaired) electrons. The van der Waals surface area contributed by atoms with Gasteiger partial charge in [0.2, 0.25) is 0 Å². The number of benzene rings is 1. The number of unbranched alkanes of at least 4 members (excludes halogenated alkanes) is 6. The van der Waals surface area contributed by atoms with Gasteiger partial charge in [-0.1, -0.05) is 61.4 Å². The zero-order chi connectivity index (χ0) is 15.1. The first-order valence-corrected chi connectivity index (χ1v) is 8.99. The lowest BCUT2D eigenvalue weighted by Gasteiger charge is -2.25. The molecule has 2 nitrogen and oxygen atoms in total. The van der Waals surface area contributed by atoms with Gasteiger partial charge < -0.3 is 4.74 Å². The van der Waals surface area contributed by atoms with E-state index in [0.717, 1.165) is 28.6 Å². The van der Waals surface area contributed by atoms with E-state index in [1.54, 1.807) is 0 Å². The summed E-state index contributed by atoms with van der Waals surface area (Å²) in [6.07, 6.45) is 10.7. The molecule has 1 aliphatic heterocycles. The fourth-order valence-corrected chi connectivity index (χ4v) is 3.21. The summed E-state index contributed by atoms with van der Waals surface area (Å²) in [7, 11) is 0. The molecule has 0 spiro atoms. The minimum Gasteiger partial charge on any atom is -0.489 e. The number of ether oxygens (including phenoxy) is 1. The van der Waals surface area contributed by atoms with Crippen molar-refractivity contribution in [3.63, 3.8) is 0 Å². The first kappa shape index (κ1) is 16.5. The van der Waals surface area contributed by atoms with Crippen LogP contribution >= 0.6 is 15.9 Å². The number of halogens is 1. The van der Waals surface area contributed by atoms with Crippen LogP contribution in [0.25, 0.3) is 0 Å². The predicted molar refractivity (Wildman–Crippen MR) is 90.1 cm³/mol. The maximum Gasteiger partial charge on any atom is 0.170 e. The molecule has 0 aromatic heterocycles. The van der Waals surface area contributed by atoms with Gasteiger partial charge in [0.1, 0.15) is 11.9 Å². The van der Waals surface area contributed by atoms with Crippen LogP contribution < -0.4 is 4.74 Å². The lowest BCUT2D eigenvalue weighted by atomic mass is 9.97. The fraction of sp³-hybridized carbons (Fsp3) is 0.611. The van der Waals surface area contributed by atoms with Gasteiger partial charge in [0.05, 0.1) is 5.56 Å². The third kappa shape index (κ3) is 5.14. The van der Waals surface area contributed by atoms with E-state index in [1.807, 2.05) is 18.2 Å². The SMILES string of the molecule is CCCCCCCCCC1CC(=O)c2cc(Br)ccc2O1. The second-order valence-corrected chi connectivity index (χ2v) is 6.83. The number of fused-ring (bicyclic) bond motifs is 1. The van der Waals surface area contributed by atoms with Crippen molar-refractivity contribution in [1.29, 1.82) is 0 Å². The minimum atomic E-state index is 0.0711. The summed E-state index contributed by atoms with van der Waals surface area (Å²) in [6.45, 7) is 2.24. The molecule has 3 heteroatoms. The van der Waals surface area contributed by atoms with Crippen LogP contribution in [0.15, 0.2) is 22.7 Å². The molecule has 0 aliphatic carbocycles. The van der Waals surface area contributed by atoms with Gasteiger partial charge in [0.25, 0.3) is 0 Å². The minimum absolute atomic E-state index is 0.0711. The quantitative estimate of drug-likeness (QED) is 0.542. The molecule has 116 valence electrons. The predicted octanol–water partition coefficient (Wildman–Crippen LogP) is 5.92. The summed E-state index contributed by atoms with van der Waals surface area (Å²) in [5, 5.41) is 0. The Morgan fingerprint density at radius 3 is 2.62 bits per heavy atom. The maximum atomic E-state index is 12.2. The van der Waals surface area contributed by atoms with Crippen molar-refractivity contribution in [3.8, 4) is 5.75 Å². The Labute approximate surface area is 136 Å². The van der Waals surface area contributed by atoms with Crippen molar-refractivity contribution in [3.05, 3.63) is 28.2 Å². The standard InChI is InChI=1S/C18H25BrO2/c1-2-3-4-5-6-7-8-9-15-13-17(20)16-12-14(19)10-11-18(16)21-15/h10-12,15H,2-9,13H2,1H3. The van der Waals surface area contributed by atoms with Crippen molar-refractivity contribution in [2.24, 2.45) is 0 Å². The summed E-state index contributed by atoms with van der Waals surface area (Å²) in [5.41, 5.74) is 0.722. The molecule has 1 unspecified atom stereocenters. The Hall–Kier alpha value is -0.830. The van der Waals surface area contributed by atoms with Crippen LogP contribution in [0.3, 0.4) is 0 Å². The molecule has 0 saturated carbocycles. The largest absolute Gasteiger partial charge is 0.489 e. The molecule has 1 aromatic carbocycles. The molecule has 0 bridgehead atoms. The molecule has 1 heterocycles. The van der Waals surface area contributed by atoms with Crippen molar-refractivity contribution < 1.29 is 9.53 Å². The molecule has 21 heavy (non-hydrogen) atoms. The number of carbonyl (C=O) groups is 1. The van der Waals surface area contributed by atoms with Gasteiger partial charge in [-0.15, -0.1) is 0 Å². The number of hydrogen-bond acceptors (Lipinski definition) is 2. The molecule has 1 atom stereocenters. The molecular formula is C18H25BrO2. The average Bonchev–Trinajstić information content (AvgIpc) is 2.47. The van der Waals surface area contributed by atoms with Gasteiger partial charge in [0, 0.05) is 10.9 Å². The highest BCUT2D eigenvalue weighted by Crippen LogP contribution is 2.31. The monoisotopic (exact) mass is 352 g/mol. The Balaban J connectivity index is 1.72. The van der Waals surface area contributed by atoms with Crippen LogP contribution in [0, 0.1) is 0 Å². The number of hydrogen-bond donors (Lipinski definition) is 0. The average molecular weight is 353 g/mol. The van der Waals surface area contributed by atoms with Crippen LogP contribution in [0.2, 0.25) is 0 Å². The first-order chi connectivity index (χ1) is 10.2.